The molecule has 1 aromatic rings. The first-order valence-electron chi connectivity index (χ1n) is 4.50. The summed E-state index contributed by atoms with van der Waals surface area (Å²) < 4.78 is 10.5. The highest BCUT2D eigenvalue weighted by atomic mass is 79.9. The number of carbonyl (C=O) groups is 1. The fourth-order valence-electron chi connectivity index (χ4n) is 0.964. The van der Waals surface area contributed by atoms with Crippen molar-refractivity contribution >= 4 is 21.8 Å². The van der Waals surface area contributed by atoms with Crippen LogP contribution in [0.3, 0.4) is 0 Å². The van der Waals surface area contributed by atoms with E-state index in [1.165, 1.54) is 6.26 Å². The van der Waals surface area contributed by atoms with Gasteiger partial charge in [-0.05, 0) is 34.5 Å². The van der Waals surface area contributed by atoms with Crippen LogP contribution in [-0.2, 0) is 4.74 Å². The van der Waals surface area contributed by atoms with E-state index in [0.29, 0.717) is 23.6 Å². The molecular formula is C10H12BrNO3. The number of rotatable bonds is 6. The molecule has 0 saturated carbocycles. The second-order valence-corrected chi connectivity index (χ2v) is 3.53. The Bertz CT molecular complexity index is 335. The van der Waals surface area contributed by atoms with Crippen molar-refractivity contribution in [3.63, 3.8) is 0 Å². The Morgan fingerprint density at radius 1 is 1.67 bits per heavy atom. The Morgan fingerprint density at radius 2 is 2.47 bits per heavy atom. The summed E-state index contributed by atoms with van der Waals surface area (Å²) in [6.45, 7) is 4.51. The molecule has 0 spiro atoms. The summed E-state index contributed by atoms with van der Waals surface area (Å²) in [5.74, 6) is 0.0748. The number of amides is 1. The smallest absolute Gasteiger partial charge is 0.287 e. The van der Waals surface area contributed by atoms with Gasteiger partial charge in [0.1, 0.15) is 0 Å². The van der Waals surface area contributed by atoms with E-state index in [0.717, 1.165) is 6.42 Å². The zero-order chi connectivity index (χ0) is 11.1. The van der Waals surface area contributed by atoms with Crippen LogP contribution in [0.5, 0.6) is 0 Å². The van der Waals surface area contributed by atoms with Crippen molar-refractivity contribution in [2.24, 2.45) is 0 Å². The molecule has 1 amide bonds. The van der Waals surface area contributed by atoms with E-state index in [9.17, 15) is 4.79 Å². The van der Waals surface area contributed by atoms with Gasteiger partial charge in [0.15, 0.2) is 10.4 Å². The van der Waals surface area contributed by atoms with E-state index in [1.54, 1.807) is 12.1 Å². The number of carbonyl (C=O) groups excluding carboxylic acids is 1. The lowest BCUT2D eigenvalue weighted by atomic mass is 10.4. The second-order valence-electron chi connectivity index (χ2n) is 2.75. The van der Waals surface area contributed by atoms with Crippen molar-refractivity contribution in [1.82, 2.24) is 5.32 Å². The third-order valence-corrected chi connectivity index (χ3v) is 2.07. The summed E-state index contributed by atoms with van der Waals surface area (Å²) in [5, 5.41) is 2.70. The van der Waals surface area contributed by atoms with Gasteiger partial charge in [-0.15, -0.1) is 0 Å². The molecule has 0 bridgehead atoms. The number of ether oxygens (including phenoxy) is 1. The highest BCUT2D eigenvalue weighted by Crippen LogP contribution is 2.13. The van der Waals surface area contributed by atoms with E-state index < -0.39 is 0 Å². The van der Waals surface area contributed by atoms with Crippen LogP contribution in [-0.4, -0.2) is 19.1 Å². The van der Waals surface area contributed by atoms with Gasteiger partial charge in [-0.3, -0.25) is 4.79 Å². The van der Waals surface area contributed by atoms with Crippen molar-refractivity contribution in [3.8, 4) is 0 Å². The SMILES string of the molecule is C=COCCCNC(=O)c1ccc(Br)o1. The Balaban J connectivity index is 2.22. The topological polar surface area (TPSA) is 51.5 Å². The highest BCUT2D eigenvalue weighted by molar-refractivity contribution is 9.10. The molecule has 0 aliphatic heterocycles. The van der Waals surface area contributed by atoms with Gasteiger partial charge in [-0.2, -0.15) is 0 Å². The Morgan fingerprint density at radius 3 is 3.07 bits per heavy atom. The van der Waals surface area contributed by atoms with Crippen LogP contribution in [0.1, 0.15) is 17.0 Å². The standard InChI is InChI=1S/C10H12BrNO3/c1-2-14-7-3-6-12-10(13)8-4-5-9(11)15-8/h2,4-5H,1,3,6-7H2,(H,12,13). The maximum Gasteiger partial charge on any atom is 0.287 e. The van der Waals surface area contributed by atoms with Crippen LogP contribution < -0.4 is 5.32 Å². The van der Waals surface area contributed by atoms with E-state index in [4.69, 9.17) is 9.15 Å². The lowest BCUT2D eigenvalue weighted by Gasteiger charge is -2.02. The zero-order valence-electron chi connectivity index (χ0n) is 8.16. The van der Waals surface area contributed by atoms with Crippen molar-refractivity contribution in [2.45, 2.75) is 6.42 Å². The first-order chi connectivity index (χ1) is 7.24. The predicted octanol–water partition coefficient (Wildman–Crippen LogP) is 2.32. The zero-order valence-corrected chi connectivity index (χ0v) is 9.75. The van der Waals surface area contributed by atoms with Gasteiger partial charge in [0.25, 0.3) is 5.91 Å². The largest absolute Gasteiger partial charge is 0.502 e. The molecule has 0 saturated heterocycles. The molecule has 5 heteroatoms. The average Bonchev–Trinajstić information content (AvgIpc) is 2.64. The molecule has 82 valence electrons. The molecular weight excluding hydrogens is 262 g/mol. The van der Waals surface area contributed by atoms with Crippen LogP contribution in [0.15, 0.2) is 34.1 Å². The molecule has 0 atom stereocenters. The van der Waals surface area contributed by atoms with Gasteiger partial charge in [0.05, 0.1) is 12.9 Å². The summed E-state index contributed by atoms with van der Waals surface area (Å²) in [4.78, 5) is 11.4. The third-order valence-electron chi connectivity index (χ3n) is 1.64. The molecule has 4 nitrogen and oxygen atoms in total. The van der Waals surface area contributed by atoms with Crippen molar-refractivity contribution in [2.75, 3.05) is 13.2 Å². The molecule has 0 aliphatic carbocycles. The van der Waals surface area contributed by atoms with Gasteiger partial charge in [-0.25, -0.2) is 0 Å². The predicted molar refractivity (Wildman–Crippen MR) is 59.5 cm³/mol. The fraction of sp³-hybridized carbons (Fsp3) is 0.300. The number of halogens is 1. The lowest BCUT2D eigenvalue weighted by molar-refractivity contribution is 0.0921. The maximum absolute atomic E-state index is 11.4. The second kappa shape index (κ2) is 6.29. The van der Waals surface area contributed by atoms with Crippen molar-refractivity contribution in [1.29, 1.82) is 0 Å². The average molecular weight is 274 g/mol. The maximum atomic E-state index is 11.4. The van der Waals surface area contributed by atoms with Crippen LogP contribution in [0, 0.1) is 0 Å². The van der Waals surface area contributed by atoms with Gasteiger partial charge in [0.2, 0.25) is 0 Å². The van der Waals surface area contributed by atoms with Crippen LogP contribution in [0.25, 0.3) is 0 Å². The number of hydrogen-bond donors (Lipinski definition) is 1. The number of nitrogens with one attached hydrogen (secondary N) is 1. The quantitative estimate of drug-likeness (QED) is 0.639. The number of furan rings is 1. The minimum absolute atomic E-state index is 0.223. The summed E-state index contributed by atoms with van der Waals surface area (Å²) in [7, 11) is 0. The Kier molecular flexibility index (Phi) is 4.97. The molecule has 1 heterocycles. The molecule has 1 aromatic heterocycles. The minimum Gasteiger partial charge on any atom is -0.502 e. The van der Waals surface area contributed by atoms with Crippen LogP contribution in [0.4, 0.5) is 0 Å². The normalized spacial score (nSPS) is 9.67. The fourth-order valence-corrected chi connectivity index (χ4v) is 1.27. The lowest BCUT2D eigenvalue weighted by Crippen LogP contribution is -2.24. The number of hydrogen-bond acceptors (Lipinski definition) is 3. The summed E-state index contributed by atoms with van der Waals surface area (Å²) in [5.41, 5.74) is 0. The van der Waals surface area contributed by atoms with E-state index >= 15 is 0 Å². The van der Waals surface area contributed by atoms with Crippen molar-refractivity contribution in [3.05, 3.63) is 35.4 Å². The highest BCUT2D eigenvalue weighted by Gasteiger charge is 2.08. The van der Waals surface area contributed by atoms with Gasteiger partial charge < -0.3 is 14.5 Å². The van der Waals surface area contributed by atoms with Crippen LogP contribution in [0.2, 0.25) is 0 Å². The Labute approximate surface area is 96.4 Å². The minimum atomic E-state index is -0.223. The van der Waals surface area contributed by atoms with Gasteiger partial charge >= 0.3 is 0 Å². The Hall–Kier alpha value is -1.23. The summed E-state index contributed by atoms with van der Waals surface area (Å²) in [6.07, 6.45) is 2.12. The molecule has 0 fully saturated rings. The van der Waals surface area contributed by atoms with Gasteiger partial charge in [0, 0.05) is 6.54 Å². The molecule has 0 unspecified atom stereocenters. The molecule has 0 aromatic carbocycles. The summed E-state index contributed by atoms with van der Waals surface area (Å²) >= 11 is 3.13. The third kappa shape index (κ3) is 4.20. The van der Waals surface area contributed by atoms with E-state index in [1.807, 2.05) is 0 Å². The van der Waals surface area contributed by atoms with E-state index in [-0.39, 0.29) is 5.91 Å². The molecule has 1 N–H and O–H groups in total. The van der Waals surface area contributed by atoms with Crippen LogP contribution >= 0.6 is 15.9 Å². The summed E-state index contributed by atoms with van der Waals surface area (Å²) in [6, 6.07) is 3.29. The first-order valence-corrected chi connectivity index (χ1v) is 5.29. The first kappa shape index (κ1) is 11.8. The van der Waals surface area contributed by atoms with Gasteiger partial charge in [-0.1, -0.05) is 6.58 Å². The molecule has 15 heavy (non-hydrogen) atoms. The molecule has 1 rings (SSSR count). The van der Waals surface area contributed by atoms with E-state index in [2.05, 4.69) is 27.8 Å². The molecule has 0 radical (unpaired) electrons. The van der Waals surface area contributed by atoms with Crippen molar-refractivity contribution < 1.29 is 13.9 Å². The monoisotopic (exact) mass is 273 g/mol. The molecule has 0 aliphatic rings.